The van der Waals surface area contributed by atoms with Crippen molar-refractivity contribution in [3.8, 4) is 0 Å². The number of carbonyl (C=O) groups excluding carboxylic acids is 1. The number of pyridine rings is 1. The predicted octanol–water partition coefficient (Wildman–Crippen LogP) is 2.22. The van der Waals surface area contributed by atoms with Crippen molar-refractivity contribution in [3.63, 3.8) is 0 Å². The SMILES string of the molecule is CCOC(=O)CCCC1(c2cccc(F)n2)COC1. The molecule has 2 heterocycles. The number of esters is 1. The van der Waals surface area contributed by atoms with Crippen LogP contribution in [-0.4, -0.2) is 30.8 Å². The first-order chi connectivity index (χ1) is 9.16. The second kappa shape index (κ2) is 6.10. The highest BCUT2D eigenvalue weighted by atomic mass is 19.1. The van der Waals surface area contributed by atoms with Crippen molar-refractivity contribution >= 4 is 5.97 Å². The smallest absolute Gasteiger partial charge is 0.305 e. The monoisotopic (exact) mass is 267 g/mol. The fourth-order valence-corrected chi connectivity index (χ4v) is 2.28. The lowest BCUT2D eigenvalue weighted by Crippen LogP contribution is -2.47. The lowest BCUT2D eigenvalue weighted by Gasteiger charge is -2.41. The molecule has 0 amide bonds. The summed E-state index contributed by atoms with van der Waals surface area (Å²) in [5, 5.41) is 0. The number of nitrogens with zero attached hydrogens (tertiary/aromatic N) is 1. The molecule has 0 bridgehead atoms. The second-order valence-electron chi connectivity index (χ2n) is 4.78. The van der Waals surface area contributed by atoms with Crippen molar-refractivity contribution in [2.24, 2.45) is 0 Å². The van der Waals surface area contributed by atoms with Crippen molar-refractivity contribution in [2.75, 3.05) is 19.8 Å². The quantitative estimate of drug-likeness (QED) is 0.586. The van der Waals surface area contributed by atoms with E-state index in [1.165, 1.54) is 6.07 Å². The third-order valence-electron chi connectivity index (χ3n) is 3.36. The third-order valence-corrected chi connectivity index (χ3v) is 3.36. The predicted molar refractivity (Wildman–Crippen MR) is 67.2 cm³/mol. The first-order valence-electron chi connectivity index (χ1n) is 6.53. The van der Waals surface area contributed by atoms with E-state index < -0.39 is 5.95 Å². The molecule has 1 aliphatic heterocycles. The molecule has 1 aliphatic rings. The number of aromatic nitrogens is 1. The van der Waals surface area contributed by atoms with E-state index in [4.69, 9.17) is 9.47 Å². The molecule has 0 saturated carbocycles. The molecule has 1 aromatic heterocycles. The van der Waals surface area contributed by atoms with Crippen LogP contribution >= 0.6 is 0 Å². The van der Waals surface area contributed by atoms with Gasteiger partial charge in [0.05, 0.1) is 30.9 Å². The Balaban J connectivity index is 1.94. The van der Waals surface area contributed by atoms with Crippen LogP contribution in [0.3, 0.4) is 0 Å². The lowest BCUT2D eigenvalue weighted by atomic mass is 9.77. The van der Waals surface area contributed by atoms with E-state index in [0.29, 0.717) is 38.4 Å². The number of hydrogen-bond acceptors (Lipinski definition) is 4. The standard InChI is InChI=1S/C14H18FNO3/c1-2-19-13(17)7-4-8-14(9-18-10-14)11-5-3-6-12(15)16-11/h3,5-6H,2,4,7-10H2,1H3. The van der Waals surface area contributed by atoms with Gasteiger partial charge in [0.15, 0.2) is 0 Å². The summed E-state index contributed by atoms with van der Waals surface area (Å²) in [6.45, 7) is 3.26. The largest absolute Gasteiger partial charge is 0.466 e. The number of halogens is 1. The average Bonchev–Trinajstić information content (AvgIpc) is 2.33. The summed E-state index contributed by atoms with van der Waals surface area (Å²) < 4.78 is 23.3. The number of rotatable bonds is 6. The Labute approximate surface area is 111 Å². The van der Waals surface area contributed by atoms with Crippen molar-refractivity contribution in [3.05, 3.63) is 29.8 Å². The summed E-state index contributed by atoms with van der Waals surface area (Å²) in [5.41, 5.74) is 0.469. The molecule has 19 heavy (non-hydrogen) atoms. The molecular weight excluding hydrogens is 249 g/mol. The molecule has 0 atom stereocenters. The van der Waals surface area contributed by atoms with Gasteiger partial charge >= 0.3 is 5.97 Å². The normalized spacial score (nSPS) is 16.7. The molecular formula is C14H18FNO3. The summed E-state index contributed by atoms with van der Waals surface area (Å²) in [7, 11) is 0. The van der Waals surface area contributed by atoms with Crippen LogP contribution in [0.4, 0.5) is 4.39 Å². The van der Waals surface area contributed by atoms with Crippen molar-refractivity contribution in [1.82, 2.24) is 4.98 Å². The van der Waals surface area contributed by atoms with Crippen LogP contribution in [0.15, 0.2) is 18.2 Å². The van der Waals surface area contributed by atoms with Gasteiger partial charge in [-0.05, 0) is 31.9 Å². The summed E-state index contributed by atoms with van der Waals surface area (Å²) in [6, 6.07) is 4.80. The molecule has 1 aromatic rings. The molecule has 0 spiro atoms. The van der Waals surface area contributed by atoms with Gasteiger partial charge in [-0.3, -0.25) is 4.79 Å². The molecule has 0 unspecified atom stereocenters. The van der Waals surface area contributed by atoms with Gasteiger partial charge in [-0.25, -0.2) is 4.98 Å². The van der Waals surface area contributed by atoms with Gasteiger partial charge in [0.2, 0.25) is 5.95 Å². The Morgan fingerprint density at radius 2 is 2.32 bits per heavy atom. The summed E-state index contributed by atoms with van der Waals surface area (Å²) in [6.07, 6.45) is 1.83. The van der Waals surface area contributed by atoms with E-state index in [2.05, 4.69) is 4.98 Å². The zero-order valence-corrected chi connectivity index (χ0v) is 11.0. The Kier molecular flexibility index (Phi) is 4.47. The van der Waals surface area contributed by atoms with Gasteiger partial charge in [-0.1, -0.05) is 6.07 Å². The summed E-state index contributed by atoms with van der Waals surface area (Å²) in [4.78, 5) is 15.2. The van der Waals surface area contributed by atoms with E-state index in [0.717, 1.165) is 6.42 Å². The van der Waals surface area contributed by atoms with Gasteiger partial charge in [0.25, 0.3) is 0 Å². The van der Waals surface area contributed by atoms with Gasteiger partial charge in [0, 0.05) is 6.42 Å². The molecule has 5 heteroatoms. The van der Waals surface area contributed by atoms with Gasteiger partial charge in [-0.15, -0.1) is 0 Å². The maximum Gasteiger partial charge on any atom is 0.305 e. The van der Waals surface area contributed by atoms with Gasteiger partial charge in [0.1, 0.15) is 0 Å². The lowest BCUT2D eigenvalue weighted by molar-refractivity contribution is -0.143. The van der Waals surface area contributed by atoms with Crippen LogP contribution < -0.4 is 0 Å². The Hall–Kier alpha value is -1.49. The minimum absolute atomic E-state index is 0.190. The van der Waals surface area contributed by atoms with Gasteiger partial charge < -0.3 is 9.47 Å². The molecule has 0 aliphatic carbocycles. The number of hydrogen-bond donors (Lipinski definition) is 0. The molecule has 0 radical (unpaired) electrons. The Bertz CT molecular complexity index is 446. The first-order valence-corrected chi connectivity index (χ1v) is 6.53. The molecule has 104 valence electrons. The highest BCUT2D eigenvalue weighted by Gasteiger charge is 2.41. The Morgan fingerprint density at radius 3 is 2.89 bits per heavy atom. The Morgan fingerprint density at radius 1 is 1.53 bits per heavy atom. The van der Waals surface area contributed by atoms with Crippen LogP contribution in [-0.2, 0) is 19.7 Å². The van der Waals surface area contributed by atoms with Crippen molar-refractivity contribution in [1.29, 1.82) is 0 Å². The average molecular weight is 267 g/mol. The second-order valence-corrected chi connectivity index (χ2v) is 4.78. The van der Waals surface area contributed by atoms with Crippen molar-refractivity contribution < 1.29 is 18.7 Å². The number of carbonyl (C=O) groups is 1. The molecule has 1 saturated heterocycles. The molecule has 0 N–H and O–H groups in total. The zero-order chi connectivity index (χ0) is 13.7. The number of ether oxygens (including phenoxy) is 2. The summed E-state index contributed by atoms with van der Waals surface area (Å²) >= 11 is 0. The third kappa shape index (κ3) is 3.29. The fraction of sp³-hybridized carbons (Fsp3) is 0.571. The fourth-order valence-electron chi connectivity index (χ4n) is 2.28. The van der Waals surface area contributed by atoms with Crippen LogP contribution in [0.2, 0.25) is 0 Å². The zero-order valence-electron chi connectivity index (χ0n) is 11.0. The van der Waals surface area contributed by atoms with Gasteiger partial charge in [-0.2, -0.15) is 4.39 Å². The van der Waals surface area contributed by atoms with Crippen LogP contribution in [0.5, 0.6) is 0 Å². The van der Waals surface area contributed by atoms with Crippen LogP contribution in [0, 0.1) is 5.95 Å². The topological polar surface area (TPSA) is 48.4 Å². The molecule has 4 nitrogen and oxygen atoms in total. The van der Waals surface area contributed by atoms with E-state index in [1.807, 2.05) is 6.07 Å². The molecule has 2 rings (SSSR count). The van der Waals surface area contributed by atoms with E-state index in [1.54, 1.807) is 13.0 Å². The van der Waals surface area contributed by atoms with Crippen LogP contribution in [0.1, 0.15) is 31.9 Å². The molecule has 1 fully saturated rings. The molecule has 0 aromatic carbocycles. The van der Waals surface area contributed by atoms with Crippen LogP contribution in [0.25, 0.3) is 0 Å². The maximum absolute atomic E-state index is 13.2. The van der Waals surface area contributed by atoms with E-state index >= 15 is 0 Å². The van der Waals surface area contributed by atoms with Crippen molar-refractivity contribution in [2.45, 2.75) is 31.6 Å². The first kappa shape index (κ1) is 13.9. The maximum atomic E-state index is 13.2. The minimum Gasteiger partial charge on any atom is -0.466 e. The van der Waals surface area contributed by atoms with E-state index in [9.17, 15) is 9.18 Å². The highest BCUT2D eigenvalue weighted by molar-refractivity contribution is 5.69. The minimum atomic E-state index is -0.478. The highest BCUT2D eigenvalue weighted by Crippen LogP contribution is 2.36. The summed E-state index contributed by atoms with van der Waals surface area (Å²) in [5.74, 6) is -0.667. The van der Waals surface area contributed by atoms with E-state index in [-0.39, 0.29) is 11.4 Å².